The minimum Gasteiger partial charge on any atom is -0.375 e. The zero-order valence-corrected chi connectivity index (χ0v) is 13.2. The lowest BCUT2D eigenvalue weighted by Crippen LogP contribution is -2.48. The number of nitrogens with zero attached hydrogens (tertiary/aromatic N) is 3. The van der Waals surface area contributed by atoms with Crippen molar-refractivity contribution in [2.75, 3.05) is 29.9 Å². The van der Waals surface area contributed by atoms with Gasteiger partial charge in [0.05, 0.1) is 18.8 Å². The third-order valence-electron chi connectivity index (χ3n) is 3.66. The van der Waals surface area contributed by atoms with E-state index in [4.69, 9.17) is 4.74 Å². The lowest BCUT2D eigenvalue weighted by Gasteiger charge is -2.39. The van der Waals surface area contributed by atoms with E-state index < -0.39 is 0 Å². The molecule has 2 rings (SSSR count). The van der Waals surface area contributed by atoms with E-state index >= 15 is 0 Å². The van der Waals surface area contributed by atoms with E-state index in [-0.39, 0.29) is 6.10 Å². The molecule has 1 fully saturated rings. The number of rotatable bonds is 4. The third-order valence-corrected chi connectivity index (χ3v) is 3.66. The Hall–Kier alpha value is -1.36. The molecule has 0 aromatic carbocycles. The minimum absolute atomic E-state index is 0.240. The van der Waals surface area contributed by atoms with Crippen molar-refractivity contribution in [1.82, 2.24) is 9.97 Å². The second kappa shape index (κ2) is 6.39. The maximum absolute atomic E-state index is 5.72. The highest BCUT2D eigenvalue weighted by molar-refractivity contribution is 5.61. The number of anilines is 2. The maximum atomic E-state index is 5.72. The Morgan fingerprint density at radius 1 is 1.40 bits per heavy atom. The molecule has 2 unspecified atom stereocenters. The van der Waals surface area contributed by atoms with Gasteiger partial charge in [-0.15, -0.1) is 0 Å². The van der Waals surface area contributed by atoms with Crippen molar-refractivity contribution in [1.29, 1.82) is 0 Å². The van der Waals surface area contributed by atoms with Gasteiger partial charge in [0.25, 0.3) is 0 Å². The molecule has 1 saturated heterocycles. The SMILES string of the molecule is CCNc1ncnc(N2CC(C)OCC2C)c1C(C)C. The molecule has 1 aromatic heterocycles. The Morgan fingerprint density at radius 3 is 2.80 bits per heavy atom. The van der Waals surface area contributed by atoms with Crippen molar-refractivity contribution in [3.63, 3.8) is 0 Å². The van der Waals surface area contributed by atoms with E-state index in [9.17, 15) is 0 Å². The lowest BCUT2D eigenvalue weighted by molar-refractivity contribution is 0.0339. The van der Waals surface area contributed by atoms with Crippen LogP contribution >= 0.6 is 0 Å². The summed E-state index contributed by atoms with van der Waals surface area (Å²) in [7, 11) is 0. The molecule has 1 aliphatic heterocycles. The van der Waals surface area contributed by atoms with Crippen LogP contribution in [0.5, 0.6) is 0 Å². The van der Waals surface area contributed by atoms with Gasteiger partial charge in [-0.05, 0) is 26.7 Å². The van der Waals surface area contributed by atoms with Crippen LogP contribution in [0.4, 0.5) is 11.6 Å². The Kier molecular flexibility index (Phi) is 4.81. The molecular weight excluding hydrogens is 252 g/mol. The molecule has 1 aromatic rings. The van der Waals surface area contributed by atoms with Gasteiger partial charge >= 0.3 is 0 Å². The van der Waals surface area contributed by atoms with Crippen LogP contribution in [-0.4, -0.2) is 41.8 Å². The number of hydrogen-bond acceptors (Lipinski definition) is 5. The quantitative estimate of drug-likeness (QED) is 0.917. The molecule has 0 saturated carbocycles. The maximum Gasteiger partial charge on any atom is 0.137 e. The summed E-state index contributed by atoms with van der Waals surface area (Å²) < 4.78 is 5.72. The third kappa shape index (κ3) is 3.03. The first kappa shape index (κ1) is 15.0. The molecule has 2 atom stereocenters. The number of morpholine rings is 1. The van der Waals surface area contributed by atoms with Crippen molar-refractivity contribution in [2.45, 2.75) is 52.7 Å². The van der Waals surface area contributed by atoms with Gasteiger partial charge in [0.1, 0.15) is 18.0 Å². The predicted octanol–water partition coefficient (Wildman–Crippen LogP) is 2.65. The van der Waals surface area contributed by atoms with Crippen LogP contribution in [0.1, 0.15) is 46.1 Å². The van der Waals surface area contributed by atoms with Gasteiger partial charge in [-0.1, -0.05) is 13.8 Å². The first-order chi connectivity index (χ1) is 9.54. The Balaban J connectivity index is 2.41. The average Bonchev–Trinajstić information content (AvgIpc) is 2.41. The molecule has 1 N–H and O–H groups in total. The minimum atomic E-state index is 0.240. The van der Waals surface area contributed by atoms with Crippen molar-refractivity contribution in [3.05, 3.63) is 11.9 Å². The zero-order valence-electron chi connectivity index (χ0n) is 13.2. The van der Waals surface area contributed by atoms with Gasteiger partial charge in [-0.2, -0.15) is 0 Å². The molecule has 5 heteroatoms. The van der Waals surface area contributed by atoms with Crippen molar-refractivity contribution in [3.8, 4) is 0 Å². The topological polar surface area (TPSA) is 50.3 Å². The highest BCUT2D eigenvalue weighted by atomic mass is 16.5. The predicted molar refractivity (Wildman–Crippen MR) is 82.5 cm³/mol. The molecule has 2 heterocycles. The first-order valence-corrected chi connectivity index (χ1v) is 7.51. The van der Waals surface area contributed by atoms with Crippen molar-refractivity contribution >= 4 is 11.6 Å². The summed E-state index contributed by atoms with van der Waals surface area (Å²) in [6, 6.07) is 0.341. The first-order valence-electron chi connectivity index (χ1n) is 7.51. The normalized spacial score (nSPS) is 23.2. The van der Waals surface area contributed by atoms with E-state index in [1.807, 2.05) is 0 Å². The molecule has 0 bridgehead atoms. The van der Waals surface area contributed by atoms with Crippen LogP contribution in [-0.2, 0) is 4.74 Å². The van der Waals surface area contributed by atoms with Gasteiger partial charge in [0, 0.05) is 18.7 Å². The van der Waals surface area contributed by atoms with Crippen LogP contribution in [0, 0.1) is 0 Å². The van der Waals surface area contributed by atoms with Crippen molar-refractivity contribution < 1.29 is 4.74 Å². The highest BCUT2D eigenvalue weighted by Crippen LogP contribution is 2.32. The number of aromatic nitrogens is 2. The Bertz CT molecular complexity index is 449. The second-order valence-corrected chi connectivity index (χ2v) is 5.79. The van der Waals surface area contributed by atoms with Gasteiger partial charge in [0.2, 0.25) is 0 Å². The summed E-state index contributed by atoms with van der Waals surface area (Å²) in [6.45, 7) is 13.3. The largest absolute Gasteiger partial charge is 0.375 e. The van der Waals surface area contributed by atoms with Crippen LogP contribution in [0.15, 0.2) is 6.33 Å². The fraction of sp³-hybridized carbons (Fsp3) is 0.733. The van der Waals surface area contributed by atoms with E-state index in [1.165, 1.54) is 5.56 Å². The Morgan fingerprint density at radius 2 is 2.15 bits per heavy atom. The smallest absolute Gasteiger partial charge is 0.137 e. The lowest BCUT2D eigenvalue weighted by atomic mass is 10.0. The summed E-state index contributed by atoms with van der Waals surface area (Å²) in [4.78, 5) is 11.3. The molecule has 0 aliphatic carbocycles. The van der Waals surface area contributed by atoms with Crippen molar-refractivity contribution in [2.24, 2.45) is 0 Å². The number of ether oxygens (including phenoxy) is 1. The van der Waals surface area contributed by atoms with Gasteiger partial charge in [0.15, 0.2) is 0 Å². The summed E-state index contributed by atoms with van der Waals surface area (Å²) >= 11 is 0. The van der Waals surface area contributed by atoms with Gasteiger partial charge in [-0.25, -0.2) is 9.97 Å². The molecule has 20 heavy (non-hydrogen) atoms. The summed E-state index contributed by atoms with van der Waals surface area (Å²) in [5, 5.41) is 3.35. The zero-order chi connectivity index (χ0) is 14.7. The van der Waals surface area contributed by atoms with Crippen LogP contribution < -0.4 is 10.2 Å². The van der Waals surface area contributed by atoms with E-state index in [2.05, 4.69) is 54.8 Å². The summed E-state index contributed by atoms with van der Waals surface area (Å²) in [5.74, 6) is 2.39. The highest BCUT2D eigenvalue weighted by Gasteiger charge is 2.28. The molecule has 0 radical (unpaired) electrons. The molecule has 0 spiro atoms. The fourth-order valence-corrected chi connectivity index (χ4v) is 2.65. The fourth-order valence-electron chi connectivity index (χ4n) is 2.65. The van der Waals surface area contributed by atoms with Crippen LogP contribution in [0.2, 0.25) is 0 Å². The summed E-state index contributed by atoms with van der Waals surface area (Å²) in [5.41, 5.74) is 1.20. The monoisotopic (exact) mass is 278 g/mol. The van der Waals surface area contributed by atoms with Crippen LogP contribution in [0.25, 0.3) is 0 Å². The standard InChI is InChI=1S/C15H26N4O/c1-6-16-14-13(10(2)3)15(18-9-17-14)19-7-12(5)20-8-11(19)4/h9-12H,6-8H2,1-5H3,(H,16,17,18). The van der Waals surface area contributed by atoms with E-state index in [1.54, 1.807) is 6.33 Å². The summed E-state index contributed by atoms with van der Waals surface area (Å²) in [6.07, 6.45) is 1.90. The molecular formula is C15H26N4O. The van der Waals surface area contributed by atoms with E-state index in [0.29, 0.717) is 12.0 Å². The number of hydrogen-bond donors (Lipinski definition) is 1. The van der Waals surface area contributed by atoms with Gasteiger partial charge < -0.3 is 15.0 Å². The molecule has 112 valence electrons. The molecule has 5 nitrogen and oxygen atoms in total. The van der Waals surface area contributed by atoms with E-state index in [0.717, 1.165) is 31.3 Å². The average molecular weight is 278 g/mol. The Labute approximate surface area is 121 Å². The number of nitrogens with one attached hydrogen (secondary N) is 1. The van der Waals surface area contributed by atoms with Crippen LogP contribution in [0.3, 0.4) is 0 Å². The van der Waals surface area contributed by atoms with Gasteiger partial charge in [-0.3, -0.25) is 0 Å². The molecule has 1 aliphatic rings. The second-order valence-electron chi connectivity index (χ2n) is 5.79. The molecule has 0 amide bonds.